The number of halogens is 1. The van der Waals surface area contributed by atoms with Crippen LogP contribution in [0.2, 0.25) is 0 Å². The van der Waals surface area contributed by atoms with Crippen molar-refractivity contribution in [2.45, 2.75) is 25.9 Å². The second-order valence-corrected chi connectivity index (χ2v) is 7.86. The number of hydrogen-bond acceptors (Lipinski definition) is 4. The van der Waals surface area contributed by atoms with E-state index in [4.69, 9.17) is 4.74 Å². The summed E-state index contributed by atoms with van der Waals surface area (Å²) in [6, 6.07) is 11.6. The number of para-hydroxylation sites is 1. The Morgan fingerprint density at radius 2 is 1.93 bits per heavy atom. The molecule has 0 saturated carbocycles. The van der Waals surface area contributed by atoms with E-state index in [0.717, 1.165) is 22.2 Å². The SMILES string of the molecule is CCC(C(=O)NCc1cccc(OC)c1)N(c1ccccc1F)S(C)(=O)=O. The molecule has 27 heavy (non-hydrogen) atoms. The number of ether oxygens (including phenoxy) is 1. The van der Waals surface area contributed by atoms with Gasteiger partial charge in [-0.25, -0.2) is 12.8 Å². The molecule has 0 aliphatic heterocycles. The first kappa shape index (κ1) is 20.7. The average Bonchev–Trinajstić information content (AvgIpc) is 2.64. The predicted molar refractivity (Wildman–Crippen MR) is 103 cm³/mol. The van der Waals surface area contributed by atoms with Gasteiger partial charge in [-0.3, -0.25) is 9.10 Å². The number of sulfonamides is 1. The summed E-state index contributed by atoms with van der Waals surface area (Å²) < 4.78 is 44.8. The van der Waals surface area contributed by atoms with Gasteiger partial charge in [0.15, 0.2) is 0 Å². The highest BCUT2D eigenvalue weighted by Gasteiger charge is 2.32. The minimum atomic E-state index is -3.88. The summed E-state index contributed by atoms with van der Waals surface area (Å²) in [5.74, 6) is -0.561. The van der Waals surface area contributed by atoms with Crippen molar-refractivity contribution in [1.82, 2.24) is 5.32 Å². The van der Waals surface area contributed by atoms with Gasteiger partial charge in [0.05, 0.1) is 19.1 Å². The van der Waals surface area contributed by atoms with Gasteiger partial charge in [0, 0.05) is 6.54 Å². The summed E-state index contributed by atoms with van der Waals surface area (Å²) in [4.78, 5) is 12.7. The van der Waals surface area contributed by atoms with Gasteiger partial charge in [0.2, 0.25) is 15.9 Å². The van der Waals surface area contributed by atoms with Crippen LogP contribution in [-0.2, 0) is 21.4 Å². The average molecular weight is 394 g/mol. The highest BCUT2D eigenvalue weighted by atomic mass is 32.2. The van der Waals surface area contributed by atoms with Crippen molar-refractivity contribution in [3.63, 3.8) is 0 Å². The Morgan fingerprint density at radius 3 is 2.52 bits per heavy atom. The first-order valence-electron chi connectivity index (χ1n) is 8.42. The largest absolute Gasteiger partial charge is 0.497 e. The first-order chi connectivity index (χ1) is 12.8. The van der Waals surface area contributed by atoms with E-state index in [9.17, 15) is 17.6 Å². The maximum atomic E-state index is 14.2. The van der Waals surface area contributed by atoms with Gasteiger partial charge in [-0.2, -0.15) is 0 Å². The Balaban J connectivity index is 2.25. The van der Waals surface area contributed by atoms with Crippen LogP contribution in [0.4, 0.5) is 10.1 Å². The standard InChI is InChI=1S/C19H23FN2O4S/c1-4-17(19(23)21-13-14-8-7-9-15(12-14)26-2)22(27(3,24)25)18-11-6-5-10-16(18)20/h5-12,17H,4,13H2,1-3H3,(H,21,23). The summed E-state index contributed by atoms with van der Waals surface area (Å²) in [5.41, 5.74) is 0.651. The highest BCUT2D eigenvalue weighted by Crippen LogP contribution is 2.25. The van der Waals surface area contributed by atoms with Crippen LogP contribution in [0.15, 0.2) is 48.5 Å². The fourth-order valence-electron chi connectivity index (χ4n) is 2.76. The molecular weight excluding hydrogens is 371 g/mol. The van der Waals surface area contributed by atoms with E-state index in [-0.39, 0.29) is 18.7 Å². The number of carbonyl (C=O) groups is 1. The van der Waals surface area contributed by atoms with Crippen LogP contribution in [0.3, 0.4) is 0 Å². The van der Waals surface area contributed by atoms with E-state index in [1.54, 1.807) is 32.2 Å². The van der Waals surface area contributed by atoms with Crippen LogP contribution >= 0.6 is 0 Å². The molecule has 0 saturated heterocycles. The van der Waals surface area contributed by atoms with Crippen molar-refractivity contribution in [1.29, 1.82) is 0 Å². The lowest BCUT2D eigenvalue weighted by atomic mass is 10.1. The summed E-state index contributed by atoms with van der Waals surface area (Å²) in [6.07, 6.45) is 1.14. The van der Waals surface area contributed by atoms with Crippen molar-refractivity contribution in [2.24, 2.45) is 0 Å². The van der Waals surface area contributed by atoms with Gasteiger partial charge < -0.3 is 10.1 Å². The Labute approximate surface area is 159 Å². The quantitative estimate of drug-likeness (QED) is 0.747. The van der Waals surface area contributed by atoms with Crippen molar-refractivity contribution in [3.05, 3.63) is 59.9 Å². The van der Waals surface area contributed by atoms with E-state index in [1.807, 2.05) is 6.07 Å². The second-order valence-electron chi connectivity index (χ2n) is 6.00. The molecule has 0 radical (unpaired) electrons. The number of nitrogens with zero attached hydrogens (tertiary/aromatic N) is 1. The van der Waals surface area contributed by atoms with Crippen LogP contribution in [-0.4, -0.2) is 33.7 Å². The van der Waals surface area contributed by atoms with E-state index in [2.05, 4.69) is 5.32 Å². The molecule has 0 aliphatic carbocycles. The molecule has 1 unspecified atom stereocenters. The van der Waals surface area contributed by atoms with Gasteiger partial charge in [-0.1, -0.05) is 31.2 Å². The molecule has 146 valence electrons. The van der Waals surface area contributed by atoms with Crippen LogP contribution in [0, 0.1) is 5.82 Å². The van der Waals surface area contributed by atoms with Gasteiger partial charge in [-0.05, 0) is 36.2 Å². The zero-order valence-corrected chi connectivity index (χ0v) is 16.3. The maximum absolute atomic E-state index is 14.2. The number of methoxy groups -OCH3 is 1. The molecule has 0 bridgehead atoms. The molecule has 0 spiro atoms. The fraction of sp³-hybridized carbons (Fsp3) is 0.316. The maximum Gasteiger partial charge on any atom is 0.244 e. The Hall–Kier alpha value is -2.61. The Morgan fingerprint density at radius 1 is 1.22 bits per heavy atom. The van der Waals surface area contributed by atoms with Crippen molar-refractivity contribution in [3.8, 4) is 5.75 Å². The predicted octanol–water partition coefficient (Wildman–Crippen LogP) is 2.70. The fourth-order valence-corrected chi connectivity index (χ4v) is 3.97. The molecule has 2 rings (SSSR count). The smallest absolute Gasteiger partial charge is 0.244 e. The number of anilines is 1. The monoisotopic (exact) mass is 394 g/mol. The molecular formula is C19H23FN2O4S. The van der Waals surface area contributed by atoms with E-state index >= 15 is 0 Å². The van der Waals surface area contributed by atoms with E-state index in [1.165, 1.54) is 18.2 Å². The minimum absolute atomic E-state index is 0.150. The number of nitrogens with one attached hydrogen (secondary N) is 1. The molecule has 1 N–H and O–H groups in total. The van der Waals surface area contributed by atoms with Gasteiger partial charge in [0.1, 0.15) is 17.6 Å². The molecule has 2 aromatic carbocycles. The van der Waals surface area contributed by atoms with Crippen LogP contribution < -0.4 is 14.4 Å². The molecule has 0 fully saturated rings. The lowest BCUT2D eigenvalue weighted by molar-refractivity contribution is -0.122. The third-order valence-electron chi connectivity index (χ3n) is 4.02. The van der Waals surface area contributed by atoms with Crippen molar-refractivity contribution >= 4 is 21.6 Å². The second kappa shape index (κ2) is 8.85. The van der Waals surface area contributed by atoms with Crippen LogP contribution in [0.1, 0.15) is 18.9 Å². The van der Waals surface area contributed by atoms with Crippen molar-refractivity contribution in [2.75, 3.05) is 17.7 Å². The molecule has 1 atom stereocenters. The van der Waals surface area contributed by atoms with Crippen LogP contribution in [0.25, 0.3) is 0 Å². The van der Waals surface area contributed by atoms with Crippen molar-refractivity contribution < 1.29 is 22.3 Å². The van der Waals surface area contributed by atoms with Crippen LogP contribution in [0.5, 0.6) is 5.75 Å². The topological polar surface area (TPSA) is 75.7 Å². The lowest BCUT2D eigenvalue weighted by Gasteiger charge is -2.30. The lowest BCUT2D eigenvalue weighted by Crippen LogP contribution is -2.49. The number of amides is 1. The van der Waals surface area contributed by atoms with E-state index in [0.29, 0.717) is 5.75 Å². The number of rotatable bonds is 8. The van der Waals surface area contributed by atoms with E-state index < -0.39 is 27.8 Å². The zero-order valence-electron chi connectivity index (χ0n) is 15.5. The van der Waals surface area contributed by atoms with Gasteiger partial charge in [0.25, 0.3) is 0 Å². The number of carbonyl (C=O) groups excluding carboxylic acids is 1. The van der Waals surface area contributed by atoms with Gasteiger partial charge in [-0.15, -0.1) is 0 Å². The molecule has 6 nitrogen and oxygen atoms in total. The zero-order chi connectivity index (χ0) is 20.0. The molecule has 0 heterocycles. The number of benzene rings is 2. The molecule has 1 amide bonds. The summed E-state index contributed by atoms with van der Waals surface area (Å²) in [5, 5.41) is 2.72. The normalized spacial score (nSPS) is 12.3. The minimum Gasteiger partial charge on any atom is -0.497 e. The highest BCUT2D eigenvalue weighted by molar-refractivity contribution is 7.92. The molecule has 2 aromatic rings. The summed E-state index contributed by atoms with van der Waals surface area (Å²) in [7, 11) is -2.33. The molecule has 0 aromatic heterocycles. The summed E-state index contributed by atoms with van der Waals surface area (Å²) in [6.45, 7) is 1.87. The Kier molecular flexibility index (Phi) is 6.79. The molecule has 8 heteroatoms. The first-order valence-corrected chi connectivity index (χ1v) is 10.3. The van der Waals surface area contributed by atoms with Gasteiger partial charge >= 0.3 is 0 Å². The third kappa shape index (κ3) is 5.19. The number of hydrogen-bond donors (Lipinski definition) is 1. The third-order valence-corrected chi connectivity index (χ3v) is 5.19. The summed E-state index contributed by atoms with van der Waals surface area (Å²) >= 11 is 0. The molecule has 0 aliphatic rings. The Bertz CT molecular complexity index is 902.